The van der Waals surface area contributed by atoms with Crippen molar-refractivity contribution >= 4 is 5.91 Å². The first kappa shape index (κ1) is 14.3. The van der Waals surface area contributed by atoms with Crippen LogP contribution in [0.3, 0.4) is 0 Å². The number of aliphatic hydroxyl groups excluding tert-OH is 1. The normalized spacial score (nSPS) is 26.4. The molecule has 4 nitrogen and oxygen atoms in total. The third-order valence-electron chi connectivity index (χ3n) is 3.16. The molecule has 0 aromatic rings. The lowest BCUT2D eigenvalue weighted by Gasteiger charge is -2.22. The van der Waals surface area contributed by atoms with Crippen LogP contribution in [-0.4, -0.2) is 36.1 Å². The molecule has 2 unspecified atom stereocenters. The predicted octanol–water partition coefficient (Wildman–Crippen LogP) is 0.638. The molecule has 6 heteroatoms. The van der Waals surface area contributed by atoms with Crippen LogP contribution in [0.2, 0.25) is 0 Å². The molecule has 0 bridgehead atoms. The lowest BCUT2D eigenvalue weighted by atomic mass is 9.94. The molecule has 1 aliphatic rings. The maximum Gasteiger partial charge on any atom is 0.287 e. The van der Waals surface area contributed by atoms with Gasteiger partial charge in [-0.2, -0.15) is 0 Å². The minimum absolute atomic E-state index is 0.250. The average molecular weight is 250 g/mol. The van der Waals surface area contributed by atoms with Crippen molar-refractivity contribution in [3.8, 4) is 0 Å². The number of amides is 1. The van der Waals surface area contributed by atoms with E-state index in [4.69, 9.17) is 10.8 Å². The quantitative estimate of drug-likeness (QED) is 0.641. The van der Waals surface area contributed by atoms with Crippen molar-refractivity contribution in [2.45, 2.75) is 44.1 Å². The van der Waals surface area contributed by atoms with Gasteiger partial charge in [-0.05, 0) is 12.8 Å². The smallest absolute Gasteiger partial charge is 0.287 e. The second kappa shape index (κ2) is 6.26. The number of halogens is 2. The Balaban J connectivity index is 2.45. The number of hydrogen-bond acceptors (Lipinski definition) is 3. The summed E-state index contributed by atoms with van der Waals surface area (Å²) >= 11 is 0. The van der Waals surface area contributed by atoms with Crippen LogP contribution in [-0.2, 0) is 4.79 Å². The van der Waals surface area contributed by atoms with Crippen LogP contribution < -0.4 is 11.1 Å². The van der Waals surface area contributed by atoms with Gasteiger partial charge in [-0.15, -0.1) is 0 Å². The standard InChI is InChI=1S/C11H20F2N2O2/c12-11(13,7-16)6-15-10(17)8-4-2-1-3-5-9(8)14/h8-9,16H,1-7,14H2,(H,15,17). The molecular weight excluding hydrogens is 230 g/mol. The fraction of sp³-hybridized carbons (Fsp3) is 0.909. The van der Waals surface area contributed by atoms with E-state index in [0.29, 0.717) is 6.42 Å². The number of alkyl halides is 2. The van der Waals surface area contributed by atoms with Crippen LogP contribution >= 0.6 is 0 Å². The fourth-order valence-corrected chi connectivity index (χ4v) is 2.07. The lowest BCUT2D eigenvalue weighted by Crippen LogP contribution is -2.46. The number of aliphatic hydroxyl groups is 1. The molecule has 0 aromatic heterocycles. The highest BCUT2D eigenvalue weighted by atomic mass is 19.3. The van der Waals surface area contributed by atoms with Gasteiger partial charge in [0.25, 0.3) is 5.92 Å². The molecule has 0 heterocycles. The molecule has 0 aromatic carbocycles. The number of carbonyl (C=O) groups is 1. The van der Waals surface area contributed by atoms with Crippen LogP contribution in [0.4, 0.5) is 8.78 Å². The summed E-state index contributed by atoms with van der Waals surface area (Å²) in [6.45, 7) is -2.09. The molecule has 1 rings (SSSR count). The van der Waals surface area contributed by atoms with Crippen LogP contribution in [0.15, 0.2) is 0 Å². The van der Waals surface area contributed by atoms with E-state index in [9.17, 15) is 13.6 Å². The topological polar surface area (TPSA) is 75.4 Å². The molecule has 4 N–H and O–H groups in total. The first-order chi connectivity index (χ1) is 7.96. The van der Waals surface area contributed by atoms with Gasteiger partial charge in [-0.25, -0.2) is 8.78 Å². The van der Waals surface area contributed by atoms with Crippen molar-refractivity contribution in [3.63, 3.8) is 0 Å². The molecule has 2 atom stereocenters. The van der Waals surface area contributed by atoms with Gasteiger partial charge in [0, 0.05) is 6.04 Å². The summed E-state index contributed by atoms with van der Waals surface area (Å²) in [5.74, 6) is -4.07. The van der Waals surface area contributed by atoms with Crippen molar-refractivity contribution in [1.29, 1.82) is 0 Å². The van der Waals surface area contributed by atoms with E-state index in [2.05, 4.69) is 5.32 Å². The Morgan fingerprint density at radius 1 is 1.35 bits per heavy atom. The third kappa shape index (κ3) is 4.55. The number of hydrogen-bond donors (Lipinski definition) is 3. The van der Waals surface area contributed by atoms with Gasteiger partial charge in [0.2, 0.25) is 5.91 Å². The van der Waals surface area contributed by atoms with E-state index in [1.807, 2.05) is 0 Å². The largest absolute Gasteiger partial charge is 0.390 e. The molecular formula is C11H20F2N2O2. The van der Waals surface area contributed by atoms with Crippen molar-refractivity contribution < 1.29 is 18.7 Å². The molecule has 1 aliphatic carbocycles. The highest BCUT2D eigenvalue weighted by molar-refractivity contribution is 5.79. The SMILES string of the molecule is NC1CCCCCC1C(=O)NCC(F)(F)CO. The number of nitrogens with two attached hydrogens (primary N) is 1. The first-order valence-corrected chi connectivity index (χ1v) is 5.98. The maximum absolute atomic E-state index is 12.8. The fourth-order valence-electron chi connectivity index (χ4n) is 2.07. The van der Waals surface area contributed by atoms with E-state index in [1.54, 1.807) is 0 Å². The third-order valence-corrected chi connectivity index (χ3v) is 3.16. The monoisotopic (exact) mass is 250 g/mol. The zero-order chi connectivity index (χ0) is 12.9. The summed E-state index contributed by atoms with van der Waals surface area (Å²) in [6, 6.07) is -0.250. The molecule has 100 valence electrons. The van der Waals surface area contributed by atoms with Gasteiger partial charge in [0.15, 0.2) is 0 Å². The van der Waals surface area contributed by atoms with Crippen molar-refractivity contribution in [1.82, 2.24) is 5.32 Å². The summed E-state index contributed by atoms with van der Waals surface area (Å²) in [5.41, 5.74) is 5.85. The Kier molecular flexibility index (Phi) is 5.27. The van der Waals surface area contributed by atoms with Gasteiger partial charge in [0.1, 0.15) is 6.61 Å². The highest BCUT2D eigenvalue weighted by Gasteiger charge is 2.32. The van der Waals surface area contributed by atoms with Crippen molar-refractivity contribution in [3.05, 3.63) is 0 Å². The van der Waals surface area contributed by atoms with Gasteiger partial charge in [-0.1, -0.05) is 19.3 Å². The van der Waals surface area contributed by atoms with Crippen molar-refractivity contribution in [2.75, 3.05) is 13.2 Å². The van der Waals surface area contributed by atoms with Crippen LogP contribution in [0.1, 0.15) is 32.1 Å². The average Bonchev–Trinajstić information content (AvgIpc) is 2.51. The Morgan fingerprint density at radius 2 is 2.00 bits per heavy atom. The zero-order valence-corrected chi connectivity index (χ0v) is 9.79. The number of rotatable bonds is 4. The molecule has 0 radical (unpaired) electrons. The first-order valence-electron chi connectivity index (χ1n) is 5.98. The summed E-state index contributed by atoms with van der Waals surface area (Å²) in [5, 5.41) is 10.6. The second-order valence-corrected chi connectivity index (χ2v) is 4.64. The minimum Gasteiger partial charge on any atom is -0.390 e. The zero-order valence-electron chi connectivity index (χ0n) is 9.79. The molecule has 0 aliphatic heterocycles. The van der Waals surface area contributed by atoms with Crippen LogP contribution in [0.25, 0.3) is 0 Å². The van der Waals surface area contributed by atoms with E-state index in [0.717, 1.165) is 25.7 Å². The Morgan fingerprint density at radius 3 is 2.65 bits per heavy atom. The van der Waals surface area contributed by atoms with Gasteiger partial charge < -0.3 is 16.2 Å². The number of nitrogens with one attached hydrogen (secondary N) is 1. The Hall–Kier alpha value is -0.750. The Labute approximate surface area is 99.6 Å². The summed E-state index contributed by atoms with van der Waals surface area (Å²) < 4.78 is 25.5. The highest BCUT2D eigenvalue weighted by Crippen LogP contribution is 2.22. The maximum atomic E-state index is 12.8. The lowest BCUT2D eigenvalue weighted by molar-refractivity contribution is -0.128. The molecule has 1 saturated carbocycles. The summed E-state index contributed by atoms with van der Waals surface area (Å²) in [6.07, 6.45) is 4.33. The molecule has 1 amide bonds. The second-order valence-electron chi connectivity index (χ2n) is 4.64. The van der Waals surface area contributed by atoms with Crippen LogP contribution in [0.5, 0.6) is 0 Å². The molecule has 0 saturated heterocycles. The van der Waals surface area contributed by atoms with E-state index < -0.39 is 25.0 Å². The number of carbonyl (C=O) groups excluding carboxylic acids is 1. The summed E-state index contributed by atoms with van der Waals surface area (Å²) in [4.78, 5) is 11.7. The Bertz CT molecular complexity index is 262. The molecule has 17 heavy (non-hydrogen) atoms. The van der Waals surface area contributed by atoms with Gasteiger partial charge in [0.05, 0.1) is 12.5 Å². The van der Waals surface area contributed by atoms with E-state index in [-0.39, 0.29) is 12.0 Å². The van der Waals surface area contributed by atoms with Crippen molar-refractivity contribution in [2.24, 2.45) is 11.7 Å². The van der Waals surface area contributed by atoms with E-state index >= 15 is 0 Å². The van der Waals surface area contributed by atoms with E-state index in [1.165, 1.54) is 0 Å². The summed E-state index contributed by atoms with van der Waals surface area (Å²) in [7, 11) is 0. The van der Waals surface area contributed by atoms with Gasteiger partial charge in [-0.3, -0.25) is 4.79 Å². The molecule has 1 fully saturated rings. The minimum atomic E-state index is -3.26. The predicted molar refractivity (Wildman–Crippen MR) is 59.6 cm³/mol. The van der Waals surface area contributed by atoms with Gasteiger partial charge >= 0.3 is 0 Å². The van der Waals surface area contributed by atoms with Crippen LogP contribution in [0, 0.1) is 5.92 Å². The molecule has 0 spiro atoms.